The van der Waals surface area contributed by atoms with Crippen LogP contribution in [0.1, 0.15) is 6.42 Å². The van der Waals surface area contributed by atoms with Crippen LogP contribution in [0.15, 0.2) is 29.2 Å². The van der Waals surface area contributed by atoms with Crippen LogP contribution in [0, 0.1) is 0 Å². The van der Waals surface area contributed by atoms with Crippen molar-refractivity contribution in [2.75, 3.05) is 19.1 Å². The summed E-state index contributed by atoms with van der Waals surface area (Å²) in [5, 5.41) is 9.05. The Labute approximate surface area is 122 Å². The van der Waals surface area contributed by atoms with E-state index in [1.807, 2.05) is 6.26 Å². The Morgan fingerprint density at radius 1 is 1.50 bits per heavy atom. The van der Waals surface area contributed by atoms with Crippen LogP contribution < -0.4 is 9.46 Å². The molecule has 8 heteroatoms. The van der Waals surface area contributed by atoms with Gasteiger partial charge >= 0.3 is 5.97 Å². The summed E-state index contributed by atoms with van der Waals surface area (Å²) in [6, 6.07) is 4.74. The Morgan fingerprint density at radius 2 is 2.20 bits per heavy atom. The molecule has 1 unspecified atom stereocenters. The zero-order chi connectivity index (χ0) is 15.2. The van der Waals surface area contributed by atoms with Gasteiger partial charge in [-0.1, -0.05) is 6.07 Å². The number of benzene rings is 1. The lowest BCUT2D eigenvalue weighted by Gasteiger charge is -2.14. The maximum atomic E-state index is 12.1. The molecule has 1 rings (SSSR count). The zero-order valence-electron chi connectivity index (χ0n) is 11.2. The second-order valence-corrected chi connectivity index (χ2v) is 6.67. The summed E-state index contributed by atoms with van der Waals surface area (Å²) in [5.41, 5.74) is 0. The van der Waals surface area contributed by atoms with Crippen molar-refractivity contribution in [1.82, 2.24) is 4.72 Å². The molecule has 20 heavy (non-hydrogen) atoms. The van der Waals surface area contributed by atoms with Gasteiger partial charge in [0, 0.05) is 6.07 Å². The molecule has 1 aromatic rings. The highest BCUT2D eigenvalue weighted by atomic mass is 32.2. The predicted octanol–water partition coefficient (Wildman–Crippen LogP) is 1.18. The Bertz CT molecular complexity index is 559. The summed E-state index contributed by atoms with van der Waals surface area (Å²) in [7, 11) is -2.46. The predicted molar refractivity (Wildman–Crippen MR) is 77.7 cm³/mol. The van der Waals surface area contributed by atoms with Crippen molar-refractivity contribution in [3.8, 4) is 5.75 Å². The minimum Gasteiger partial charge on any atom is -0.497 e. The summed E-state index contributed by atoms with van der Waals surface area (Å²) >= 11 is 1.46. The van der Waals surface area contributed by atoms with Crippen molar-refractivity contribution in [2.45, 2.75) is 17.4 Å². The third-order valence-corrected chi connectivity index (χ3v) is 4.67. The van der Waals surface area contributed by atoms with Crippen molar-refractivity contribution in [2.24, 2.45) is 0 Å². The molecule has 0 fully saturated rings. The molecule has 0 spiro atoms. The zero-order valence-corrected chi connectivity index (χ0v) is 12.8. The molecule has 2 N–H and O–H groups in total. The first-order valence-corrected chi connectivity index (χ1v) is 8.66. The number of hydrogen-bond acceptors (Lipinski definition) is 5. The van der Waals surface area contributed by atoms with Crippen molar-refractivity contribution < 1.29 is 23.1 Å². The van der Waals surface area contributed by atoms with Gasteiger partial charge in [-0.3, -0.25) is 4.79 Å². The van der Waals surface area contributed by atoms with E-state index in [4.69, 9.17) is 9.84 Å². The molecule has 0 saturated heterocycles. The molecular formula is C12H17NO5S2. The molecule has 0 amide bonds. The molecule has 0 aliphatic rings. The summed E-state index contributed by atoms with van der Waals surface area (Å²) in [6.45, 7) is 0. The molecule has 0 aliphatic carbocycles. The second-order valence-electron chi connectivity index (χ2n) is 3.97. The van der Waals surface area contributed by atoms with E-state index in [2.05, 4.69) is 4.72 Å². The fourth-order valence-electron chi connectivity index (χ4n) is 1.49. The van der Waals surface area contributed by atoms with Gasteiger partial charge in [0.05, 0.1) is 12.0 Å². The molecule has 0 bridgehead atoms. The van der Waals surface area contributed by atoms with Crippen LogP contribution in [0.25, 0.3) is 0 Å². The average molecular weight is 319 g/mol. The average Bonchev–Trinajstić information content (AvgIpc) is 2.43. The van der Waals surface area contributed by atoms with Crippen LogP contribution >= 0.6 is 11.8 Å². The maximum absolute atomic E-state index is 12.1. The first kappa shape index (κ1) is 16.8. The smallest absolute Gasteiger partial charge is 0.321 e. The number of carboxylic acids is 1. The van der Waals surface area contributed by atoms with E-state index in [-0.39, 0.29) is 11.3 Å². The lowest BCUT2D eigenvalue weighted by molar-refractivity contribution is -0.139. The number of aliphatic carboxylic acids is 1. The normalized spacial score (nSPS) is 12.9. The standard InChI is InChI=1S/C12H17NO5S2/c1-18-9-4-3-5-10(8-9)20(16,17)13-11(12(14)15)6-7-19-2/h3-5,8,11,13H,6-7H2,1-2H3,(H,14,15). The number of ether oxygens (including phenoxy) is 1. The highest BCUT2D eigenvalue weighted by Crippen LogP contribution is 2.17. The van der Waals surface area contributed by atoms with E-state index in [9.17, 15) is 13.2 Å². The number of carboxylic acid groups (broad SMARTS) is 1. The number of carbonyl (C=O) groups is 1. The third-order valence-electron chi connectivity index (χ3n) is 2.56. The van der Waals surface area contributed by atoms with E-state index in [1.165, 1.54) is 37.1 Å². The molecule has 0 radical (unpaired) electrons. The second kappa shape index (κ2) is 7.51. The Kier molecular flexibility index (Phi) is 6.31. The number of methoxy groups -OCH3 is 1. The van der Waals surface area contributed by atoms with Crippen molar-refractivity contribution in [1.29, 1.82) is 0 Å². The fourth-order valence-corrected chi connectivity index (χ4v) is 3.22. The van der Waals surface area contributed by atoms with E-state index < -0.39 is 22.0 Å². The monoisotopic (exact) mass is 319 g/mol. The minimum absolute atomic E-state index is 0.0211. The quantitative estimate of drug-likeness (QED) is 0.747. The van der Waals surface area contributed by atoms with Gasteiger partial charge in [0.2, 0.25) is 10.0 Å². The molecule has 112 valence electrons. The fraction of sp³-hybridized carbons (Fsp3) is 0.417. The lowest BCUT2D eigenvalue weighted by atomic mass is 10.2. The van der Waals surface area contributed by atoms with E-state index in [1.54, 1.807) is 6.07 Å². The minimum atomic E-state index is -3.89. The molecular weight excluding hydrogens is 302 g/mol. The first-order chi connectivity index (χ1) is 9.40. The first-order valence-electron chi connectivity index (χ1n) is 5.79. The Morgan fingerprint density at radius 3 is 2.75 bits per heavy atom. The SMILES string of the molecule is COc1cccc(S(=O)(=O)NC(CCSC)C(=O)O)c1. The Balaban J connectivity index is 2.94. The molecule has 6 nitrogen and oxygen atoms in total. The molecule has 0 aliphatic heterocycles. The van der Waals surface area contributed by atoms with Gasteiger partial charge in [-0.15, -0.1) is 0 Å². The van der Waals surface area contributed by atoms with Crippen LogP contribution in [0.2, 0.25) is 0 Å². The van der Waals surface area contributed by atoms with Gasteiger partial charge < -0.3 is 9.84 Å². The molecule has 1 aromatic carbocycles. The number of hydrogen-bond donors (Lipinski definition) is 2. The van der Waals surface area contributed by atoms with Gasteiger partial charge in [0.15, 0.2) is 0 Å². The van der Waals surface area contributed by atoms with E-state index >= 15 is 0 Å². The molecule has 0 aromatic heterocycles. The van der Waals surface area contributed by atoms with Gasteiger partial charge in [-0.05, 0) is 30.6 Å². The van der Waals surface area contributed by atoms with Gasteiger partial charge in [0.25, 0.3) is 0 Å². The number of nitrogens with one attached hydrogen (secondary N) is 1. The van der Waals surface area contributed by atoms with Crippen LogP contribution in [-0.4, -0.2) is 44.7 Å². The van der Waals surface area contributed by atoms with Gasteiger partial charge in [0.1, 0.15) is 11.8 Å². The number of thioether (sulfide) groups is 1. The van der Waals surface area contributed by atoms with E-state index in [0.29, 0.717) is 11.5 Å². The number of rotatable bonds is 8. The number of sulfonamides is 1. The summed E-state index contributed by atoms with van der Waals surface area (Å²) in [4.78, 5) is 11.1. The van der Waals surface area contributed by atoms with Crippen LogP contribution in [0.4, 0.5) is 0 Å². The maximum Gasteiger partial charge on any atom is 0.321 e. The Hall–Kier alpha value is -1.25. The summed E-state index contributed by atoms with van der Waals surface area (Å²) in [5.74, 6) is -0.244. The highest BCUT2D eigenvalue weighted by Gasteiger charge is 2.25. The van der Waals surface area contributed by atoms with Gasteiger partial charge in [-0.25, -0.2) is 8.42 Å². The van der Waals surface area contributed by atoms with Gasteiger partial charge in [-0.2, -0.15) is 16.5 Å². The summed E-state index contributed by atoms with van der Waals surface area (Å²) in [6.07, 6.45) is 2.05. The molecule has 1 atom stereocenters. The van der Waals surface area contributed by atoms with Crippen molar-refractivity contribution >= 4 is 27.8 Å². The molecule has 0 heterocycles. The van der Waals surface area contributed by atoms with Crippen molar-refractivity contribution in [3.63, 3.8) is 0 Å². The molecule has 0 saturated carbocycles. The largest absolute Gasteiger partial charge is 0.497 e. The van der Waals surface area contributed by atoms with E-state index in [0.717, 1.165) is 0 Å². The van der Waals surface area contributed by atoms with Crippen molar-refractivity contribution in [3.05, 3.63) is 24.3 Å². The highest BCUT2D eigenvalue weighted by molar-refractivity contribution is 7.98. The third kappa shape index (κ3) is 4.69. The topological polar surface area (TPSA) is 92.7 Å². The summed E-state index contributed by atoms with van der Waals surface area (Å²) < 4.78 is 31.4. The van der Waals surface area contributed by atoms with Crippen LogP contribution in [0.5, 0.6) is 5.75 Å². The van der Waals surface area contributed by atoms with Crippen LogP contribution in [0.3, 0.4) is 0 Å². The lowest BCUT2D eigenvalue weighted by Crippen LogP contribution is -2.41. The van der Waals surface area contributed by atoms with Crippen LogP contribution in [-0.2, 0) is 14.8 Å².